The number of piperidine rings is 1. The molecular weight excluding hydrogens is 128 g/mol. The standard InChI is InChI=1S/C7H16N2O/c8-6-9-3-1-7(5-10)2-4-9/h7,10H,1-6,8H2. The van der Waals surface area contributed by atoms with Gasteiger partial charge in [0.15, 0.2) is 0 Å². The van der Waals surface area contributed by atoms with E-state index in [0.717, 1.165) is 25.9 Å². The Morgan fingerprint density at radius 1 is 1.40 bits per heavy atom. The Kier molecular flexibility index (Phi) is 3.12. The van der Waals surface area contributed by atoms with Crippen LogP contribution in [0.4, 0.5) is 0 Å². The van der Waals surface area contributed by atoms with Crippen molar-refractivity contribution in [3.63, 3.8) is 0 Å². The molecule has 1 saturated heterocycles. The summed E-state index contributed by atoms with van der Waals surface area (Å²) in [5, 5.41) is 8.80. The quantitative estimate of drug-likeness (QED) is 0.555. The van der Waals surface area contributed by atoms with Crippen LogP contribution in [0.1, 0.15) is 12.8 Å². The van der Waals surface area contributed by atoms with Crippen molar-refractivity contribution in [1.82, 2.24) is 4.90 Å². The predicted octanol–water partition coefficient (Wildman–Crippen LogP) is -0.393. The van der Waals surface area contributed by atoms with Crippen molar-refractivity contribution in [3.05, 3.63) is 0 Å². The molecule has 60 valence electrons. The van der Waals surface area contributed by atoms with Crippen LogP contribution in [0.5, 0.6) is 0 Å². The molecule has 0 aliphatic carbocycles. The number of likely N-dealkylation sites (tertiary alicyclic amines) is 1. The van der Waals surface area contributed by atoms with E-state index in [1.165, 1.54) is 0 Å². The molecule has 0 radical (unpaired) electrons. The van der Waals surface area contributed by atoms with Crippen molar-refractivity contribution < 1.29 is 5.11 Å². The average Bonchev–Trinajstić information content (AvgIpc) is 2.05. The van der Waals surface area contributed by atoms with Gasteiger partial charge in [-0.1, -0.05) is 0 Å². The first-order chi connectivity index (χ1) is 4.86. The molecule has 1 aliphatic rings. The van der Waals surface area contributed by atoms with E-state index in [1.807, 2.05) is 0 Å². The summed E-state index contributed by atoms with van der Waals surface area (Å²) in [6.45, 7) is 3.13. The fourth-order valence-electron chi connectivity index (χ4n) is 1.35. The summed E-state index contributed by atoms with van der Waals surface area (Å²) in [4.78, 5) is 2.21. The summed E-state index contributed by atoms with van der Waals surface area (Å²) in [5.74, 6) is 0.530. The van der Waals surface area contributed by atoms with Gasteiger partial charge in [0.2, 0.25) is 0 Å². The summed E-state index contributed by atoms with van der Waals surface area (Å²) >= 11 is 0. The monoisotopic (exact) mass is 144 g/mol. The van der Waals surface area contributed by atoms with Crippen LogP contribution in [0, 0.1) is 5.92 Å². The molecule has 3 heteroatoms. The molecule has 0 aromatic carbocycles. The first kappa shape index (κ1) is 7.98. The van der Waals surface area contributed by atoms with Gasteiger partial charge in [0.25, 0.3) is 0 Å². The number of nitrogens with two attached hydrogens (primary N) is 1. The predicted molar refractivity (Wildman–Crippen MR) is 40.4 cm³/mol. The van der Waals surface area contributed by atoms with Gasteiger partial charge in [-0.05, 0) is 31.8 Å². The second kappa shape index (κ2) is 3.91. The Morgan fingerprint density at radius 2 is 2.00 bits per heavy atom. The van der Waals surface area contributed by atoms with E-state index in [0.29, 0.717) is 19.2 Å². The number of aliphatic hydroxyl groups excluding tert-OH is 1. The minimum Gasteiger partial charge on any atom is -0.396 e. The van der Waals surface area contributed by atoms with Crippen molar-refractivity contribution in [1.29, 1.82) is 0 Å². The maximum absolute atomic E-state index is 8.80. The lowest BCUT2D eigenvalue weighted by Gasteiger charge is -2.29. The van der Waals surface area contributed by atoms with Gasteiger partial charge in [-0.2, -0.15) is 0 Å². The molecule has 1 heterocycles. The lowest BCUT2D eigenvalue weighted by Crippen LogP contribution is -2.38. The number of aliphatic hydroxyl groups is 1. The van der Waals surface area contributed by atoms with Gasteiger partial charge >= 0.3 is 0 Å². The molecule has 1 rings (SSSR count). The van der Waals surface area contributed by atoms with Crippen LogP contribution in [0.2, 0.25) is 0 Å². The van der Waals surface area contributed by atoms with Crippen LogP contribution in [-0.4, -0.2) is 36.4 Å². The van der Waals surface area contributed by atoms with E-state index < -0.39 is 0 Å². The van der Waals surface area contributed by atoms with E-state index in [4.69, 9.17) is 10.8 Å². The van der Waals surface area contributed by atoms with E-state index in [9.17, 15) is 0 Å². The summed E-state index contributed by atoms with van der Waals surface area (Å²) in [6.07, 6.45) is 2.21. The van der Waals surface area contributed by atoms with Crippen molar-refractivity contribution in [3.8, 4) is 0 Å². The lowest BCUT2D eigenvalue weighted by molar-refractivity contribution is 0.133. The van der Waals surface area contributed by atoms with E-state index >= 15 is 0 Å². The fourth-order valence-corrected chi connectivity index (χ4v) is 1.35. The van der Waals surface area contributed by atoms with Crippen molar-refractivity contribution in [2.24, 2.45) is 11.7 Å². The molecule has 3 nitrogen and oxygen atoms in total. The van der Waals surface area contributed by atoms with Crippen molar-refractivity contribution in [2.75, 3.05) is 26.4 Å². The molecule has 0 aromatic heterocycles. The molecule has 0 bridgehead atoms. The van der Waals surface area contributed by atoms with E-state index in [2.05, 4.69) is 4.90 Å². The molecule has 0 amide bonds. The minimum absolute atomic E-state index is 0.346. The third-order valence-electron chi connectivity index (χ3n) is 2.22. The molecule has 1 aliphatic heterocycles. The van der Waals surface area contributed by atoms with Crippen LogP contribution < -0.4 is 5.73 Å². The highest BCUT2D eigenvalue weighted by Gasteiger charge is 2.16. The maximum Gasteiger partial charge on any atom is 0.0460 e. The highest BCUT2D eigenvalue weighted by atomic mass is 16.3. The SMILES string of the molecule is NCN1CCC(CO)CC1. The normalized spacial score (nSPS) is 23.4. The Labute approximate surface area is 61.8 Å². The molecule has 0 unspecified atom stereocenters. The second-order valence-corrected chi connectivity index (χ2v) is 2.93. The molecule has 0 atom stereocenters. The first-order valence-corrected chi connectivity index (χ1v) is 3.90. The number of nitrogens with zero attached hydrogens (tertiary/aromatic N) is 1. The Balaban J connectivity index is 2.17. The van der Waals surface area contributed by atoms with Gasteiger partial charge < -0.3 is 10.8 Å². The topological polar surface area (TPSA) is 49.5 Å². The summed E-state index contributed by atoms with van der Waals surface area (Å²) in [5.41, 5.74) is 5.45. The van der Waals surface area contributed by atoms with E-state index in [1.54, 1.807) is 0 Å². The van der Waals surface area contributed by atoms with Gasteiger partial charge in [-0.25, -0.2) is 0 Å². The Hall–Kier alpha value is -0.120. The van der Waals surface area contributed by atoms with Crippen LogP contribution in [0.25, 0.3) is 0 Å². The largest absolute Gasteiger partial charge is 0.396 e. The molecule has 0 saturated carbocycles. The fraction of sp³-hybridized carbons (Fsp3) is 1.00. The number of hydrogen-bond donors (Lipinski definition) is 2. The van der Waals surface area contributed by atoms with Crippen LogP contribution in [0.3, 0.4) is 0 Å². The van der Waals surface area contributed by atoms with E-state index in [-0.39, 0.29) is 0 Å². The summed E-state index contributed by atoms with van der Waals surface area (Å²) in [6, 6.07) is 0. The molecule has 0 spiro atoms. The maximum atomic E-state index is 8.80. The second-order valence-electron chi connectivity index (χ2n) is 2.93. The zero-order chi connectivity index (χ0) is 7.40. The molecule has 3 N–H and O–H groups in total. The third-order valence-corrected chi connectivity index (χ3v) is 2.22. The third kappa shape index (κ3) is 1.94. The molecule has 1 fully saturated rings. The highest BCUT2D eigenvalue weighted by Crippen LogP contribution is 2.14. The van der Waals surface area contributed by atoms with Crippen LogP contribution >= 0.6 is 0 Å². The van der Waals surface area contributed by atoms with Crippen LogP contribution in [0.15, 0.2) is 0 Å². The molecule has 10 heavy (non-hydrogen) atoms. The molecule has 0 aromatic rings. The van der Waals surface area contributed by atoms with Gasteiger partial charge in [0.1, 0.15) is 0 Å². The highest BCUT2D eigenvalue weighted by molar-refractivity contribution is 4.69. The van der Waals surface area contributed by atoms with Gasteiger partial charge in [0.05, 0.1) is 0 Å². The molecular formula is C7H16N2O. The lowest BCUT2D eigenvalue weighted by atomic mass is 9.98. The summed E-state index contributed by atoms with van der Waals surface area (Å²) < 4.78 is 0. The zero-order valence-electron chi connectivity index (χ0n) is 6.29. The van der Waals surface area contributed by atoms with Gasteiger partial charge in [0, 0.05) is 13.3 Å². The van der Waals surface area contributed by atoms with Crippen LogP contribution in [-0.2, 0) is 0 Å². The van der Waals surface area contributed by atoms with Crippen molar-refractivity contribution in [2.45, 2.75) is 12.8 Å². The smallest absolute Gasteiger partial charge is 0.0460 e. The number of rotatable bonds is 2. The summed E-state index contributed by atoms with van der Waals surface area (Å²) in [7, 11) is 0. The zero-order valence-corrected chi connectivity index (χ0v) is 6.29. The van der Waals surface area contributed by atoms with Gasteiger partial charge in [-0.3, -0.25) is 4.90 Å². The van der Waals surface area contributed by atoms with Crippen molar-refractivity contribution >= 4 is 0 Å². The first-order valence-electron chi connectivity index (χ1n) is 3.90. The minimum atomic E-state index is 0.346. The Morgan fingerprint density at radius 3 is 2.40 bits per heavy atom. The average molecular weight is 144 g/mol. The van der Waals surface area contributed by atoms with Gasteiger partial charge in [-0.15, -0.1) is 0 Å². The number of hydrogen-bond acceptors (Lipinski definition) is 3. The Bertz CT molecular complexity index is 77.6.